The van der Waals surface area contributed by atoms with Crippen molar-refractivity contribution in [3.05, 3.63) is 6.92 Å². The second-order valence-corrected chi connectivity index (χ2v) is 1.02. The molecule has 0 aromatic rings. The summed E-state index contributed by atoms with van der Waals surface area (Å²) >= 11 is 0. The van der Waals surface area contributed by atoms with E-state index in [2.05, 4.69) is 12.1 Å². The first-order valence-electron chi connectivity index (χ1n) is 1.84. The zero-order chi connectivity index (χ0) is 4.99. The van der Waals surface area contributed by atoms with E-state index in [0.717, 1.165) is 6.42 Å². The third kappa shape index (κ3) is 6.00. The molecule has 3 heteroatoms. The molecular formula is C4H8NORe-. The van der Waals surface area contributed by atoms with Crippen molar-refractivity contribution in [2.24, 2.45) is 5.16 Å². The van der Waals surface area contributed by atoms with Crippen LogP contribution in [0.5, 0.6) is 0 Å². The van der Waals surface area contributed by atoms with Crippen LogP contribution in [0.1, 0.15) is 13.3 Å². The Labute approximate surface area is 57.3 Å². The summed E-state index contributed by atoms with van der Waals surface area (Å²) in [6.45, 7) is 5.25. The molecule has 0 fully saturated rings. The van der Waals surface area contributed by atoms with Crippen molar-refractivity contribution in [2.75, 3.05) is 0 Å². The Morgan fingerprint density at radius 1 is 1.86 bits per heavy atom. The summed E-state index contributed by atoms with van der Waals surface area (Å²) in [4.78, 5) is 0. The quantitative estimate of drug-likeness (QED) is 0.329. The maximum atomic E-state index is 7.86. The van der Waals surface area contributed by atoms with E-state index in [0.29, 0.717) is 5.71 Å². The maximum Gasteiger partial charge on any atom is 0 e. The van der Waals surface area contributed by atoms with Crippen molar-refractivity contribution < 1.29 is 25.6 Å². The topological polar surface area (TPSA) is 32.6 Å². The Bertz CT molecular complexity index is 62.7. The largest absolute Gasteiger partial charge is 0.413 e. The van der Waals surface area contributed by atoms with Gasteiger partial charge in [0, 0.05) is 20.4 Å². The standard InChI is InChI=1S/C4H8NO.Re/c1-3-4(2)5-6;/h6H,2-3H2,1H3;/q-1;/b5-4+;. The summed E-state index contributed by atoms with van der Waals surface area (Å²) in [6, 6.07) is 0. The molecule has 0 bridgehead atoms. The average molecular weight is 272 g/mol. The molecule has 2 nitrogen and oxygen atoms in total. The summed E-state index contributed by atoms with van der Waals surface area (Å²) < 4.78 is 0. The van der Waals surface area contributed by atoms with Crippen LogP contribution in [-0.2, 0) is 20.4 Å². The van der Waals surface area contributed by atoms with Gasteiger partial charge in [-0.25, -0.2) is 0 Å². The Morgan fingerprint density at radius 2 is 2.29 bits per heavy atom. The molecule has 0 aliphatic carbocycles. The molecule has 7 heavy (non-hydrogen) atoms. The van der Waals surface area contributed by atoms with Crippen LogP contribution in [0.15, 0.2) is 5.16 Å². The van der Waals surface area contributed by atoms with Gasteiger partial charge >= 0.3 is 0 Å². The van der Waals surface area contributed by atoms with Crippen LogP contribution >= 0.6 is 0 Å². The van der Waals surface area contributed by atoms with Gasteiger partial charge in [-0.3, -0.25) is 0 Å². The Balaban J connectivity index is 0. The van der Waals surface area contributed by atoms with Gasteiger partial charge in [-0.1, -0.05) is 12.6 Å². The van der Waals surface area contributed by atoms with E-state index in [9.17, 15) is 0 Å². The molecule has 43 valence electrons. The number of nitrogens with zero attached hydrogens (tertiary/aromatic N) is 1. The van der Waals surface area contributed by atoms with E-state index in [4.69, 9.17) is 5.21 Å². The maximum absolute atomic E-state index is 7.86. The van der Waals surface area contributed by atoms with E-state index in [1.165, 1.54) is 0 Å². The van der Waals surface area contributed by atoms with E-state index < -0.39 is 0 Å². The van der Waals surface area contributed by atoms with Gasteiger partial charge in [0.1, 0.15) is 0 Å². The Kier molecular flexibility index (Phi) is 8.64. The number of rotatable bonds is 1. The molecule has 0 saturated heterocycles. The number of hydrogen-bond acceptors (Lipinski definition) is 2. The minimum absolute atomic E-state index is 0. The molecule has 0 rings (SSSR count). The smallest absolute Gasteiger partial charge is 0 e. The van der Waals surface area contributed by atoms with E-state index in [1.807, 2.05) is 6.92 Å². The molecule has 1 N–H and O–H groups in total. The zero-order valence-electron chi connectivity index (χ0n) is 4.19. The Morgan fingerprint density at radius 3 is 2.29 bits per heavy atom. The van der Waals surface area contributed by atoms with Crippen molar-refractivity contribution >= 4 is 5.71 Å². The first-order valence-corrected chi connectivity index (χ1v) is 1.84. The average Bonchev–Trinajstić information content (AvgIpc) is 1.65. The first kappa shape index (κ1) is 10.1. The van der Waals surface area contributed by atoms with Gasteiger partial charge in [0.25, 0.3) is 0 Å². The van der Waals surface area contributed by atoms with E-state index >= 15 is 0 Å². The van der Waals surface area contributed by atoms with Crippen LogP contribution in [0.4, 0.5) is 0 Å². The molecule has 0 saturated carbocycles. The molecule has 0 spiro atoms. The summed E-state index contributed by atoms with van der Waals surface area (Å²) in [5.41, 5.74) is 0.523. The second kappa shape index (κ2) is 6.00. The fourth-order valence-electron chi connectivity index (χ4n) is 0.0707. The third-order valence-corrected chi connectivity index (χ3v) is 0.550. The van der Waals surface area contributed by atoms with Crippen LogP contribution in [0.25, 0.3) is 0 Å². The summed E-state index contributed by atoms with van der Waals surface area (Å²) in [6.07, 6.45) is 0.719. The van der Waals surface area contributed by atoms with Gasteiger partial charge in [-0.05, 0) is 6.42 Å². The summed E-state index contributed by atoms with van der Waals surface area (Å²) in [5.74, 6) is 0. The molecule has 0 aromatic heterocycles. The van der Waals surface area contributed by atoms with Crippen LogP contribution in [0.3, 0.4) is 0 Å². The molecule has 0 atom stereocenters. The van der Waals surface area contributed by atoms with Crippen LogP contribution in [0, 0.1) is 6.92 Å². The minimum atomic E-state index is 0. The van der Waals surface area contributed by atoms with Crippen LogP contribution < -0.4 is 0 Å². The predicted octanol–water partition coefficient (Wildman–Crippen LogP) is 1.06. The Hall–Kier alpha value is 0.00234. The third-order valence-electron chi connectivity index (χ3n) is 0.550. The second-order valence-electron chi connectivity index (χ2n) is 1.02. The van der Waals surface area contributed by atoms with Crippen molar-refractivity contribution in [1.82, 2.24) is 0 Å². The van der Waals surface area contributed by atoms with Crippen molar-refractivity contribution in [2.45, 2.75) is 13.3 Å². The molecule has 0 unspecified atom stereocenters. The van der Waals surface area contributed by atoms with Gasteiger partial charge in [0.15, 0.2) is 0 Å². The molecule has 0 aliphatic rings. The van der Waals surface area contributed by atoms with Crippen LogP contribution in [0.2, 0.25) is 0 Å². The van der Waals surface area contributed by atoms with Gasteiger partial charge in [-0.2, -0.15) is 0 Å². The number of hydrogen-bond donors (Lipinski definition) is 1. The van der Waals surface area contributed by atoms with Crippen molar-refractivity contribution in [1.29, 1.82) is 0 Å². The molecule has 0 heterocycles. The minimum Gasteiger partial charge on any atom is -0.413 e. The SMILES string of the molecule is [CH2-]/C(CC)=N\O.[Re]. The van der Waals surface area contributed by atoms with Crippen LogP contribution in [-0.4, -0.2) is 10.9 Å². The molecule has 0 aliphatic heterocycles. The van der Waals surface area contributed by atoms with Crippen molar-refractivity contribution in [3.63, 3.8) is 0 Å². The van der Waals surface area contributed by atoms with Gasteiger partial charge < -0.3 is 12.1 Å². The van der Waals surface area contributed by atoms with E-state index in [1.54, 1.807) is 0 Å². The van der Waals surface area contributed by atoms with Crippen molar-refractivity contribution in [3.8, 4) is 0 Å². The van der Waals surface area contributed by atoms with Gasteiger partial charge in [-0.15, -0.1) is 5.16 Å². The molecular weight excluding hydrogens is 264 g/mol. The predicted molar refractivity (Wildman–Crippen MR) is 24.9 cm³/mol. The normalized spacial score (nSPS) is 10.1. The first-order chi connectivity index (χ1) is 2.81. The zero-order valence-corrected chi connectivity index (χ0v) is 6.90. The van der Waals surface area contributed by atoms with Gasteiger partial charge in [0.05, 0.1) is 0 Å². The summed E-state index contributed by atoms with van der Waals surface area (Å²) in [5, 5.41) is 10.7. The van der Waals surface area contributed by atoms with E-state index in [-0.39, 0.29) is 20.4 Å². The number of oxime groups is 1. The summed E-state index contributed by atoms with van der Waals surface area (Å²) in [7, 11) is 0. The fourth-order valence-corrected chi connectivity index (χ4v) is 0.0707. The monoisotopic (exact) mass is 273 g/mol. The fraction of sp³-hybridized carbons (Fsp3) is 0.500. The molecule has 0 amide bonds. The molecule has 0 aromatic carbocycles. The molecule has 1 radical (unpaired) electrons. The van der Waals surface area contributed by atoms with Gasteiger partial charge in [0.2, 0.25) is 0 Å².